The Bertz CT molecular complexity index is 675. The number of carbonyl (C=O) groups is 1. The van der Waals surface area contributed by atoms with Crippen LogP contribution in [0.3, 0.4) is 0 Å². The van der Waals surface area contributed by atoms with Crippen molar-refractivity contribution in [3.63, 3.8) is 0 Å². The van der Waals surface area contributed by atoms with Crippen molar-refractivity contribution in [3.05, 3.63) is 35.5 Å². The molecule has 0 aliphatic carbocycles. The molecule has 0 aromatic heterocycles. The van der Waals surface area contributed by atoms with Crippen LogP contribution < -0.4 is 14.8 Å². The number of benzene rings is 1. The van der Waals surface area contributed by atoms with E-state index in [1.807, 2.05) is 31.2 Å². The molecule has 0 radical (unpaired) electrons. The van der Waals surface area contributed by atoms with Crippen molar-refractivity contribution in [2.24, 2.45) is 0 Å². The van der Waals surface area contributed by atoms with Gasteiger partial charge in [-0.05, 0) is 24.6 Å². The normalized spacial score (nSPS) is 15.9. The van der Waals surface area contributed by atoms with Crippen LogP contribution in [-0.2, 0) is 9.53 Å². The van der Waals surface area contributed by atoms with E-state index in [0.29, 0.717) is 37.8 Å². The molecule has 1 heterocycles. The quantitative estimate of drug-likeness (QED) is 0.623. The topological polar surface area (TPSA) is 83.8 Å². The molecule has 7 nitrogen and oxygen atoms in total. The van der Waals surface area contributed by atoms with E-state index < -0.39 is 0 Å². The second kappa shape index (κ2) is 8.94. The minimum absolute atomic E-state index is 0.0780. The van der Waals surface area contributed by atoms with E-state index >= 15 is 0 Å². The van der Waals surface area contributed by atoms with Gasteiger partial charge >= 0.3 is 0 Å². The number of nitrogens with one attached hydrogen (secondary N) is 1. The second-order valence-corrected chi connectivity index (χ2v) is 5.58. The minimum Gasteiger partial charge on any atom is -0.493 e. The van der Waals surface area contributed by atoms with Gasteiger partial charge in [0.2, 0.25) is 0 Å². The number of hydrogen-bond acceptors (Lipinski definition) is 6. The van der Waals surface area contributed by atoms with Crippen LogP contribution in [-0.4, -0.2) is 51.3 Å². The van der Waals surface area contributed by atoms with E-state index in [-0.39, 0.29) is 17.5 Å². The lowest BCUT2D eigenvalue weighted by Gasteiger charge is -2.26. The Hall–Kier alpha value is -2.72. The monoisotopic (exact) mass is 345 g/mol. The average molecular weight is 345 g/mol. The van der Waals surface area contributed by atoms with Gasteiger partial charge in [-0.1, -0.05) is 6.07 Å². The van der Waals surface area contributed by atoms with E-state index in [2.05, 4.69) is 5.32 Å². The van der Waals surface area contributed by atoms with Crippen molar-refractivity contribution in [2.75, 3.05) is 40.5 Å². The van der Waals surface area contributed by atoms with Crippen molar-refractivity contribution >= 4 is 5.91 Å². The number of hydrogen-bond donors (Lipinski definition) is 1. The van der Waals surface area contributed by atoms with Crippen molar-refractivity contribution in [1.29, 1.82) is 5.26 Å². The maximum atomic E-state index is 12.4. The third-order valence-corrected chi connectivity index (χ3v) is 4.03. The number of ether oxygens (including phenoxy) is 3. The summed E-state index contributed by atoms with van der Waals surface area (Å²) in [6, 6.07) is 7.44. The number of nitrogens with zero attached hydrogens (tertiary/aromatic N) is 2. The lowest BCUT2D eigenvalue weighted by molar-refractivity contribution is -0.130. The summed E-state index contributed by atoms with van der Waals surface area (Å²) >= 11 is 0. The summed E-state index contributed by atoms with van der Waals surface area (Å²) in [4.78, 5) is 14.0. The predicted octanol–water partition coefficient (Wildman–Crippen LogP) is 1.62. The van der Waals surface area contributed by atoms with Crippen LogP contribution in [0.15, 0.2) is 30.0 Å². The Morgan fingerprint density at radius 3 is 2.60 bits per heavy atom. The van der Waals surface area contributed by atoms with Crippen molar-refractivity contribution in [2.45, 2.75) is 13.0 Å². The zero-order valence-electron chi connectivity index (χ0n) is 14.7. The van der Waals surface area contributed by atoms with Gasteiger partial charge in [0.15, 0.2) is 11.5 Å². The Balaban J connectivity index is 2.07. The Kier molecular flexibility index (Phi) is 6.66. The van der Waals surface area contributed by atoms with Gasteiger partial charge in [0, 0.05) is 25.3 Å². The molecule has 1 aromatic rings. The molecule has 2 rings (SSSR count). The third kappa shape index (κ3) is 4.64. The summed E-state index contributed by atoms with van der Waals surface area (Å²) in [6.45, 7) is 3.94. The first-order chi connectivity index (χ1) is 12.1. The van der Waals surface area contributed by atoms with Gasteiger partial charge in [-0.2, -0.15) is 5.26 Å². The van der Waals surface area contributed by atoms with E-state index in [9.17, 15) is 10.1 Å². The lowest BCUT2D eigenvalue weighted by Crippen LogP contribution is -2.41. The largest absolute Gasteiger partial charge is 0.493 e. The summed E-state index contributed by atoms with van der Waals surface area (Å²) in [6.07, 6.45) is 1.47. The first-order valence-electron chi connectivity index (χ1n) is 8.06. The Morgan fingerprint density at radius 1 is 1.32 bits per heavy atom. The Morgan fingerprint density at radius 2 is 2.00 bits per heavy atom. The maximum absolute atomic E-state index is 12.4. The maximum Gasteiger partial charge on any atom is 0.266 e. The number of morpholine rings is 1. The lowest BCUT2D eigenvalue weighted by atomic mass is 10.1. The second-order valence-electron chi connectivity index (χ2n) is 5.58. The van der Waals surface area contributed by atoms with Gasteiger partial charge < -0.3 is 24.4 Å². The molecule has 1 N–H and O–H groups in total. The molecule has 1 atom stereocenters. The van der Waals surface area contributed by atoms with Crippen LogP contribution in [0.1, 0.15) is 18.5 Å². The third-order valence-electron chi connectivity index (χ3n) is 4.03. The van der Waals surface area contributed by atoms with Crippen LogP contribution in [0.4, 0.5) is 0 Å². The molecular formula is C18H23N3O4. The fraction of sp³-hybridized carbons (Fsp3) is 0.444. The molecule has 0 bridgehead atoms. The molecule has 1 unspecified atom stereocenters. The predicted molar refractivity (Wildman–Crippen MR) is 92.2 cm³/mol. The molecule has 0 saturated carbocycles. The highest BCUT2D eigenvalue weighted by molar-refractivity contribution is 5.97. The highest BCUT2D eigenvalue weighted by atomic mass is 16.5. The summed E-state index contributed by atoms with van der Waals surface area (Å²) in [5, 5.41) is 12.4. The molecule has 1 aliphatic rings. The standard InChI is InChI=1S/C18H23N3O4/c1-13(14-4-5-16(23-2)17(10-14)24-3)20-12-15(11-19)18(22)21-6-8-25-9-7-21/h4-5,10,12-13,20H,6-9H2,1-3H3/b15-12-. The average Bonchev–Trinajstić information content (AvgIpc) is 2.68. The van der Waals surface area contributed by atoms with Crippen LogP contribution >= 0.6 is 0 Å². The summed E-state index contributed by atoms with van der Waals surface area (Å²) in [5.41, 5.74) is 1.03. The number of rotatable bonds is 6. The fourth-order valence-electron chi connectivity index (χ4n) is 2.51. The van der Waals surface area contributed by atoms with E-state index in [0.717, 1.165) is 5.56 Å². The van der Waals surface area contributed by atoms with Crippen LogP contribution in [0, 0.1) is 11.3 Å². The molecule has 1 amide bonds. The molecular weight excluding hydrogens is 322 g/mol. The van der Waals surface area contributed by atoms with E-state index in [1.165, 1.54) is 6.20 Å². The van der Waals surface area contributed by atoms with Crippen LogP contribution in [0.25, 0.3) is 0 Å². The van der Waals surface area contributed by atoms with E-state index in [4.69, 9.17) is 14.2 Å². The van der Waals surface area contributed by atoms with E-state index in [1.54, 1.807) is 19.1 Å². The van der Waals surface area contributed by atoms with Crippen molar-refractivity contribution in [1.82, 2.24) is 10.2 Å². The zero-order valence-corrected chi connectivity index (χ0v) is 14.7. The van der Waals surface area contributed by atoms with Gasteiger partial charge in [0.05, 0.1) is 27.4 Å². The molecule has 0 spiro atoms. The van der Waals surface area contributed by atoms with Gasteiger partial charge in [0.25, 0.3) is 5.91 Å². The minimum atomic E-state index is -0.280. The SMILES string of the molecule is COc1ccc(C(C)N/C=C(/C#N)C(=O)N2CCOCC2)cc1OC. The van der Waals surface area contributed by atoms with Gasteiger partial charge in [0.1, 0.15) is 11.6 Å². The molecule has 7 heteroatoms. The fourth-order valence-corrected chi connectivity index (χ4v) is 2.51. The molecule has 1 aliphatic heterocycles. The first-order valence-corrected chi connectivity index (χ1v) is 8.06. The number of nitriles is 1. The molecule has 1 aromatic carbocycles. The van der Waals surface area contributed by atoms with Gasteiger partial charge in [-0.3, -0.25) is 4.79 Å². The van der Waals surface area contributed by atoms with Gasteiger partial charge in [-0.25, -0.2) is 0 Å². The summed E-state index contributed by atoms with van der Waals surface area (Å²) in [7, 11) is 3.16. The van der Waals surface area contributed by atoms with Crippen molar-refractivity contribution < 1.29 is 19.0 Å². The van der Waals surface area contributed by atoms with Crippen LogP contribution in [0.5, 0.6) is 11.5 Å². The Labute approximate surface area is 147 Å². The zero-order chi connectivity index (χ0) is 18.2. The van der Waals surface area contributed by atoms with Gasteiger partial charge in [-0.15, -0.1) is 0 Å². The number of carbonyl (C=O) groups excluding carboxylic acids is 1. The molecule has 134 valence electrons. The highest BCUT2D eigenvalue weighted by Crippen LogP contribution is 2.29. The summed E-state index contributed by atoms with van der Waals surface area (Å²) in [5.74, 6) is 0.995. The smallest absolute Gasteiger partial charge is 0.266 e. The van der Waals surface area contributed by atoms with Crippen LogP contribution in [0.2, 0.25) is 0 Å². The number of amides is 1. The first kappa shape index (κ1) is 18.6. The molecule has 1 saturated heterocycles. The number of methoxy groups -OCH3 is 2. The summed E-state index contributed by atoms with van der Waals surface area (Å²) < 4.78 is 15.7. The van der Waals surface area contributed by atoms with Crippen molar-refractivity contribution in [3.8, 4) is 17.6 Å². The highest BCUT2D eigenvalue weighted by Gasteiger charge is 2.20. The molecule has 1 fully saturated rings. The molecule has 25 heavy (non-hydrogen) atoms.